The fourth-order valence-electron chi connectivity index (χ4n) is 7.93. The zero-order valence-corrected chi connectivity index (χ0v) is 36.6. The molecule has 0 saturated carbocycles. The van der Waals surface area contributed by atoms with Gasteiger partial charge in [-0.3, -0.25) is 34.4 Å². The number of fused-ring (bicyclic) bond motifs is 2. The molecule has 0 bridgehead atoms. The van der Waals surface area contributed by atoms with Gasteiger partial charge >= 0.3 is 18.0 Å². The van der Waals surface area contributed by atoms with Gasteiger partial charge in [-0.2, -0.15) is 0 Å². The topological polar surface area (TPSA) is 175 Å². The third kappa shape index (κ3) is 12.8. The minimum Gasteiger partial charge on any atom is -0.480 e. The van der Waals surface area contributed by atoms with E-state index in [9.17, 15) is 34.2 Å². The monoisotopic (exact) mass is 858 g/mol. The number of para-hydroxylation sites is 1. The standard InChI is InChI=1S/C46H59ClN6O8/c1-46(2,3)61-45(60)50(4)26-27-52(25-12-11-17-37(44(58)59)49-36-22-20-31-14-9-10-18-38(31)53(43(36)57)30-41(55)56)40(54)19-8-6-7-16-34-35-28-33(47)21-23-39(35)51(5)42(34)32-15-13-24-48-29-32/h9-10,13-15,18,21,23-24,28-29,36-37,49H,6-8,11-12,16-17,19-20,22,25-27,30H2,1-5H3,(H,55,56)(H,58,59)/t36-,37-/m0/s1. The number of unbranched alkanes of at least 4 members (excludes halogenated alkanes) is 3. The van der Waals surface area contributed by atoms with Crippen LogP contribution in [-0.4, -0.2) is 110 Å². The number of nitrogens with zero attached hydrogens (tertiary/aromatic N) is 5. The second kappa shape index (κ2) is 21.4. The highest BCUT2D eigenvalue weighted by atomic mass is 35.5. The summed E-state index contributed by atoms with van der Waals surface area (Å²) < 4.78 is 7.69. The highest BCUT2D eigenvalue weighted by Gasteiger charge is 2.34. The number of carboxylic acid groups (broad SMARTS) is 2. The Kier molecular flexibility index (Phi) is 16.3. The zero-order chi connectivity index (χ0) is 44.3. The van der Waals surface area contributed by atoms with E-state index in [4.69, 9.17) is 16.3 Å². The third-order valence-corrected chi connectivity index (χ3v) is 11.2. The van der Waals surface area contributed by atoms with Gasteiger partial charge in [0.25, 0.3) is 0 Å². The average Bonchev–Trinajstić information content (AvgIpc) is 3.41. The fraction of sp³-hybridized carbons (Fsp3) is 0.478. The number of nitrogens with one attached hydrogen (secondary N) is 1. The molecule has 0 spiro atoms. The third-order valence-electron chi connectivity index (χ3n) is 11.0. The van der Waals surface area contributed by atoms with Crippen LogP contribution >= 0.6 is 11.6 Å². The average molecular weight is 859 g/mol. The van der Waals surface area contributed by atoms with Crippen molar-refractivity contribution in [1.29, 1.82) is 0 Å². The molecule has 3 amide bonds. The lowest BCUT2D eigenvalue weighted by Gasteiger charge is -2.28. The number of anilines is 1. The number of benzene rings is 2. The van der Waals surface area contributed by atoms with Crippen molar-refractivity contribution in [1.82, 2.24) is 24.7 Å². The molecular weight excluding hydrogens is 800 g/mol. The summed E-state index contributed by atoms with van der Waals surface area (Å²) in [5, 5.41) is 24.5. The molecule has 2 aromatic carbocycles. The first-order valence-electron chi connectivity index (χ1n) is 21.0. The number of amides is 3. The molecule has 3 N–H and O–H groups in total. The summed E-state index contributed by atoms with van der Waals surface area (Å²) in [5.74, 6) is -2.83. The van der Waals surface area contributed by atoms with E-state index in [-0.39, 0.29) is 25.4 Å². The van der Waals surface area contributed by atoms with Crippen LogP contribution in [0.2, 0.25) is 5.02 Å². The molecule has 2 atom stereocenters. The van der Waals surface area contributed by atoms with Crippen LogP contribution in [0.5, 0.6) is 0 Å². The molecule has 2 aromatic heterocycles. The first-order chi connectivity index (χ1) is 29.0. The first-order valence-corrected chi connectivity index (χ1v) is 21.4. The number of carbonyl (C=O) groups is 5. The molecule has 4 aromatic rings. The maximum Gasteiger partial charge on any atom is 0.410 e. The summed E-state index contributed by atoms with van der Waals surface area (Å²) in [5.41, 5.74) is 5.04. The Morgan fingerprint density at radius 1 is 0.984 bits per heavy atom. The minimum absolute atomic E-state index is 0.0550. The molecule has 328 valence electrons. The van der Waals surface area contributed by atoms with Crippen molar-refractivity contribution in [3.63, 3.8) is 0 Å². The van der Waals surface area contributed by atoms with E-state index in [0.717, 1.165) is 47.0 Å². The molecule has 0 aliphatic carbocycles. The summed E-state index contributed by atoms with van der Waals surface area (Å²) in [6.45, 7) is 5.71. The van der Waals surface area contributed by atoms with Gasteiger partial charge in [-0.05, 0) is 120 Å². The van der Waals surface area contributed by atoms with Crippen molar-refractivity contribution < 1.29 is 38.9 Å². The SMILES string of the molecule is CN(CCN(CCCC[C@H](N[C@H]1CCc2ccccc2N(CC(=O)O)C1=O)C(=O)O)C(=O)CCCCCc1c(-c2cccnc2)n(C)c2ccc(Cl)cc12)C(=O)OC(C)(C)C. The first kappa shape index (κ1) is 46.6. The van der Waals surface area contributed by atoms with Crippen molar-refractivity contribution >= 4 is 58.0 Å². The quantitative estimate of drug-likeness (QED) is 0.0764. The number of carbonyl (C=O) groups excluding carboxylic acids is 3. The second-order valence-electron chi connectivity index (χ2n) is 16.7. The normalized spacial score (nSPS) is 14.6. The molecule has 0 saturated heterocycles. The van der Waals surface area contributed by atoms with Crippen LogP contribution in [0.25, 0.3) is 22.2 Å². The van der Waals surface area contributed by atoms with Crippen molar-refractivity contribution in [2.75, 3.05) is 38.1 Å². The van der Waals surface area contributed by atoms with E-state index in [0.29, 0.717) is 55.8 Å². The maximum absolute atomic E-state index is 13.8. The molecule has 5 rings (SSSR count). The van der Waals surface area contributed by atoms with E-state index in [2.05, 4.69) is 14.9 Å². The number of carboxylic acids is 2. The number of halogens is 1. The van der Waals surface area contributed by atoms with Crippen LogP contribution in [0, 0.1) is 0 Å². The molecule has 1 aliphatic rings. The number of aliphatic carboxylic acids is 2. The van der Waals surface area contributed by atoms with Gasteiger partial charge in [0.15, 0.2) is 0 Å². The van der Waals surface area contributed by atoms with E-state index >= 15 is 0 Å². The maximum atomic E-state index is 13.8. The number of aryl methyl sites for hydroxylation is 3. The predicted octanol–water partition coefficient (Wildman–Crippen LogP) is 7.34. The van der Waals surface area contributed by atoms with Crippen molar-refractivity contribution in [3.05, 3.63) is 83.1 Å². The van der Waals surface area contributed by atoms with E-state index < -0.39 is 48.2 Å². The van der Waals surface area contributed by atoms with E-state index in [1.165, 1.54) is 15.4 Å². The number of ether oxygens (including phenoxy) is 1. The smallest absolute Gasteiger partial charge is 0.410 e. The fourth-order valence-corrected chi connectivity index (χ4v) is 8.11. The lowest BCUT2D eigenvalue weighted by Crippen LogP contribution is -2.52. The van der Waals surface area contributed by atoms with Crippen LogP contribution in [0.15, 0.2) is 67.0 Å². The van der Waals surface area contributed by atoms with E-state index in [1.54, 1.807) is 51.0 Å². The molecule has 0 radical (unpaired) electrons. The molecular formula is C46H59ClN6O8. The lowest BCUT2D eigenvalue weighted by atomic mass is 10.00. The number of aromatic nitrogens is 2. The second-order valence-corrected chi connectivity index (χ2v) is 17.2. The van der Waals surface area contributed by atoms with Crippen LogP contribution in [0.1, 0.15) is 83.3 Å². The summed E-state index contributed by atoms with van der Waals surface area (Å²) in [6, 6.07) is 15.0. The minimum atomic E-state index is -1.17. The molecule has 61 heavy (non-hydrogen) atoms. The van der Waals surface area contributed by atoms with Crippen molar-refractivity contribution in [2.45, 2.75) is 103 Å². The lowest BCUT2D eigenvalue weighted by molar-refractivity contribution is -0.141. The van der Waals surface area contributed by atoms with Gasteiger partial charge in [-0.15, -0.1) is 0 Å². The van der Waals surface area contributed by atoms with Gasteiger partial charge in [0.05, 0.1) is 11.7 Å². The highest BCUT2D eigenvalue weighted by molar-refractivity contribution is 6.31. The summed E-state index contributed by atoms with van der Waals surface area (Å²) in [4.78, 5) is 73.0. The van der Waals surface area contributed by atoms with Crippen molar-refractivity contribution in [3.8, 4) is 11.3 Å². The Bertz CT molecular complexity index is 2170. The molecule has 0 fully saturated rings. The number of likely N-dealkylation sites (N-methyl/N-ethyl adjacent to an activating group) is 1. The Morgan fingerprint density at radius 2 is 1.75 bits per heavy atom. The van der Waals surface area contributed by atoms with Crippen molar-refractivity contribution in [2.24, 2.45) is 7.05 Å². The molecule has 0 unspecified atom stereocenters. The highest BCUT2D eigenvalue weighted by Crippen LogP contribution is 2.35. The Hall–Kier alpha value is -5.47. The predicted molar refractivity (Wildman–Crippen MR) is 236 cm³/mol. The Balaban J connectivity index is 1.19. The molecule has 3 heterocycles. The van der Waals surface area contributed by atoms with Gasteiger partial charge in [-0.25, -0.2) is 4.79 Å². The number of hydrogen-bond donors (Lipinski definition) is 3. The molecule has 14 nitrogen and oxygen atoms in total. The van der Waals surface area contributed by atoms with Gasteiger partial charge < -0.3 is 29.3 Å². The zero-order valence-electron chi connectivity index (χ0n) is 35.9. The Labute approximate surface area is 362 Å². The van der Waals surface area contributed by atoms with Crippen LogP contribution in [0.4, 0.5) is 10.5 Å². The Morgan fingerprint density at radius 3 is 2.46 bits per heavy atom. The number of hydrogen-bond acceptors (Lipinski definition) is 8. The molecule has 15 heteroatoms. The van der Waals surface area contributed by atoms with Gasteiger partial charge in [0, 0.05) is 79.7 Å². The number of pyridine rings is 1. The van der Waals surface area contributed by atoms with Crippen LogP contribution in [-0.2, 0) is 43.8 Å². The summed E-state index contributed by atoms with van der Waals surface area (Å²) in [6.07, 6.45) is 8.43. The summed E-state index contributed by atoms with van der Waals surface area (Å²) >= 11 is 6.44. The molecule has 1 aliphatic heterocycles. The van der Waals surface area contributed by atoms with E-state index in [1.807, 2.05) is 55.7 Å². The van der Waals surface area contributed by atoms with Gasteiger partial charge in [0.2, 0.25) is 11.8 Å². The van der Waals surface area contributed by atoms with Crippen LogP contribution in [0.3, 0.4) is 0 Å². The van der Waals surface area contributed by atoms with Crippen LogP contribution < -0.4 is 10.2 Å². The largest absolute Gasteiger partial charge is 0.480 e. The summed E-state index contributed by atoms with van der Waals surface area (Å²) in [7, 11) is 3.68. The number of rotatable bonds is 20. The van der Waals surface area contributed by atoms with Gasteiger partial charge in [-0.1, -0.05) is 36.2 Å². The van der Waals surface area contributed by atoms with Gasteiger partial charge in [0.1, 0.15) is 18.2 Å².